The van der Waals surface area contributed by atoms with Crippen LogP contribution in [0.25, 0.3) is 0 Å². The van der Waals surface area contributed by atoms with Crippen LogP contribution in [-0.2, 0) is 11.2 Å². The number of ether oxygens (including phenoxy) is 1. The number of nitrogens with one attached hydrogen (secondary N) is 1. The third kappa shape index (κ3) is 5.43. The SMILES string of the molecule is CC1=C(OCC2CCN(CCc3cncc(=O)[nH]3)CC2)C=CCC=C1. The predicted octanol–water partition coefficient (Wildman–Crippen LogP) is 2.83. The Labute approximate surface area is 149 Å². The third-order valence-electron chi connectivity index (χ3n) is 4.88. The van der Waals surface area contributed by atoms with Crippen LogP contribution >= 0.6 is 0 Å². The molecule has 0 bridgehead atoms. The van der Waals surface area contributed by atoms with E-state index in [1.54, 1.807) is 6.20 Å². The zero-order valence-electron chi connectivity index (χ0n) is 14.9. The highest BCUT2D eigenvalue weighted by Crippen LogP contribution is 2.21. The maximum atomic E-state index is 11.3. The molecule has 2 heterocycles. The molecular weight excluding hydrogens is 314 g/mol. The van der Waals surface area contributed by atoms with Crippen LogP contribution in [0.2, 0.25) is 0 Å². The minimum atomic E-state index is -0.125. The fraction of sp³-hybridized carbons (Fsp3) is 0.500. The number of H-pyrrole nitrogens is 1. The minimum Gasteiger partial charge on any atom is -0.493 e. The van der Waals surface area contributed by atoms with E-state index in [4.69, 9.17) is 4.74 Å². The first-order chi connectivity index (χ1) is 12.2. The number of hydrogen-bond acceptors (Lipinski definition) is 4. The average molecular weight is 341 g/mol. The van der Waals surface area contributed by atoms with Gasteiger partial charge >= 0.3 is 0 Å². The van der Waals surface area contributed by atoms with E-state index in [2.05, 4.69) is 46.1 Å². The highest BCUT2D eigenvalue weighted by Gasteiger charge is 2.20. The Balaban J connectivity index is 1.40. The molecule has 2 aliphatic rings. The number of aromatic amines is 1. The molecule has 0 aromatic carbocycles. The maximum Gasteiger partial charge on any atom is 0.266 e. The molecule has 1 aromatic rings. The molecule has 3 rings (SSSR count). The lowest BCUT2D eigenvalue weighted by molar-refractivity contribution is 0.111. The summed E-state index contributed by atoms with van der Waals surface area (Å²) in [6, 6.07) is 0. The lowest BCUT2D eigenvalue weighted by atomic mass is 9.97. The van der Waals surface area contributed by atoms with Gasteiger partial charge in [0.05, 0.1) is 12.8 Å². The third-order valence-corrected chi connectivity index (χ3v) is 4.88. The fourth-order valence-corrected chi connectivity index (χ4v) is 3.28. The number of aromatic nitrogens is 2. The van der Waals surface area contributed by atoms with Gasteiger partial charge in [0.25, 0.3) is 5.56 Å². The predicted molar refractivity (Wildman–Crippen MR) is 99.3 cm³/mol. The van der Waals surface area contributed by atoms with Gasteiger partial charge in [-0.3, -0.25) is 9.78 Å². The van der Waals surface area contributed by atoms with E-state index >= 15 is 0 Å². The normalized spacial score (nSPS) is 19.2. The Bertz CT molecular complexity index is 710. The van der Waals surface area contributed by atoms with E-state index < -0.39 is 0 Å². The van der Waals surface area contributed by atoms with Crippen LogP contribution in [0.5, 0.6) is 0 Å². The Kier molecular flexibility index (Phi) is 6.23. The van der Waals surface area contributed by atoms with Crippen molar-refractivity contribution in [3.63, 3.8) is 0 Å². The molecule has 0 radical (unpaired) electrons. The molecule has 1 aliphatic carbocycles. The molecule has 5 heteroatoms. The Morgan fingerprint density at radius 1 is 1.24 bits per heavy atom. The molecule has 5 nitrogen and oxygen atoms in total. The van der Waals surface area contributed by atoms with Crippen molar-refractivity contribution < 1.29 is 4.74 Å². The van der Waals surface area contributed by atoms with Crippen molar-refractivity contribution in [3.8, 4) is 0 Å². The van der Waals surface area contributed by atoms with E-state index in [-0.39, 0.29) is 5.56 Å². The number of likely N-dealkylation sites (tertiary alicyclic amines) is 1. The van der Waals surface area contributed by atoms with Gasteiger partial charge < -0.3 is 14.6 Å². The lowest BCUT2D eigenvalue weighted by Gasteiger charge is -2.31. The topological polar surface area (TPSA) is 58.2 Å². The van der Waals surface area contributed by atoms with Crippen LogP contribution in [0.4, 0.5) is 0 Å². The smallest absolute Gasteiger partial charge is 0.266 e. The summed E-state index contributed by atoms with van der Waals surface area (Å²) in [6.07, 6.45) is 15.7. The highest BCUT2D eigenvalue weighted by molar-refractivity contribution is 5.30. The molecule has 0 saturated carbocycles. The fourth-order valence-electron chi connectivity index (χ4n) is 3.28. The first kappa shape index (κ1) is 17.7. The molecule has 134 valence electrons. The molecule has 0 amide bonds. The van der Waals surface area contributed by atoms with Crippen LogP contribution < -0.4 is 5.56 Å². The van der Waals surface area contributed by atoms with Gasteiger partial charge in [-0.05, 0) is 56.8 Å². The molecule has 1 saturated heterocycles. The summed E-state index contributed by atoms with van der Waals surface area (Å²) in [5, 5.41) is 0. The van der Waals surface area contributed by atoms with Gasteiger partial charge in [0, 0.05) is 24.9 Å². The van der Waals surface area contributed by atoms with Gasteiger partial charge in [0.1, 0.15) is 5.76 Å². The quantitative estimate of drug-likeness (QED) is 0.864. The summed E-state index contributed by atoms with van der Waals surface area (Å²) in [5.74, 6) is 1.63. The highest BCUT2D eigenvalue weighted by atomic mass is 16.5. The van der Waals surface area contributed by atoms with Crippen molar-refractivity contribution in [2.75, 3.05) is 26.2 Å². The number of allylic oxidation sites excluding steroid dienone is 5. The van der Waals surface area contributed by atoms with Crippen LogP contribution in [0.3, 0.4) is 0 Å². The molecule has 0 atom stereocenters. The summed E-state index contributed by atoms with van der Waals surface area (Å²) < 4.78 is 6.07. The summed E-state index contributed by atoms with van der Waals surface area (Å²) >= 11 is 0. The summed E-state index contributed by atoms with van der Waals surface area (Å²) in [5.41, 5.74) is 1.99. The molecule has 0 spiro atoms. The van der Waals surface area contributed by atoms with Gasteiger partial charge in [0.15, 0.2) is 0 Å². The number of rotatable bonds is 6. The number of piperidine rings is 1. The number of hydrogen-bond donors (Lipinski definition) is 1. The van der Waals surface area contributed by atoms with Crippen molar-refractivity contribution in [1.82, 2.24) is 14.9 Å². The Hall–Kier alpha value is -2.14. The van der Waals surface area contributed by atoms with Crippen LogP contribution in [0, 0.1) is 5.92 Å². The van der Waals surface area contributed by atoms with Crippen LogP contribution in [0.1, 0.15) is 31.9 Å². The van der Waals surface area contributed by atoms with Gasteiger partial charge in [0.2, 0.25) is 0 Å². The van der Waals surface area contributed by atoms with E-state index in [1.807, 2.05) is 0 Å². The molecule has 1 aliphatic heterocycles. The summed E-state index contributed by atoms with van der Waals surface area (Å²) in [7, 11) is 0. The van der Waals surface area contributed by atoms with Crippen molar-refractivity contribution in [2.45, 2.75) is 32.6 Å². The zero-order valence-corrected chi connectivity index (χ0v) is 14.9. The molecule has 25 heavy (non-hydrogen) atoms. The first-order valence-electron chi connectivity index (χ1n) is 9.13. The van der Waals surface area contributed by atoms with Crippen LogP contribution in [0.15, 0.2) is 52.8 Å². The van der Waals surface area contributed by atoms with Gasteiger partial charge in [-0.25, -0.2) is 0 Å². The zero-order chi connectivity index (χ0) is 17.5. The lowest BCUT2D eigenvalue weighted by Crippen LogP contribution is -2.36. The Morgan fingerprint density at radius 3 is 2.84 bits per heavy atom. The Morgan fingerprint density at radius 2 is 2.04 bits per heavy atom. The van der Waals surface area contributed by atoms with Crippen molar-refractivity contribution in [3.05, 3.63) is 64.1 Å². The van der Waals surface area contributed by atoms with Gasteiger partial charge in [-0.1, -0.05) is 18.2 Å². The molecule has 0 unspecified atom stereocenters. The van der Waals surface area contributed by atoms with E-state index in [1.165, 1.54) is 11.8 Å². The van der Waals surface area contributed by atoms with Crippen LogP contribution in [-0.4, -0.2) is 41.1 Å². The van der Waals surface area contributed by atoms with Crippen molar-refractivity contribution >= 4 is 0 Å². The van der Waals surface area contributed by atoms with Crippen molar-refractivity contribution in [1.29, 1.82) is 0 Å². The van der Waals surface area contributed by atoms with E-state index in [0.29, 0.717) is 5.92 Å². The summed E-state index contributed by atoms with van der Waals surface area (Å²) in [6.45, 7) is 6.05. The number of nitrogens with zero attached hydrogens (tertiary/aromatic N) is 2. The molecular formula is C20H27N3O2. The first-order valence-corrected chi connectivity index (χ1v) is 9.13. The van der Waals surface area contributed by atoms with E-state index in [0.717, 1.165) is 63.4 Å². The second-order valence-electron chi connectivity index (χ2n) is 6.86. The standard InChI is InChI=1S/C20H27N3O2/c1-16-5-3-2-4-6-19(16)25-15-17-7-10-23(11-8-17)12-9-18-13-21-14-20(24)22-18/h3-6,13-14,17H,2,7-12,15H2,1H3,(H,22,24). The van der Waals surface area contributed by atoms with Crippen molar-refractivity contribution in [2.24, 2.45) is 5.92 Å². The van der Waals surface area contributed by atoms with E-state index in [9.17, 15) is 4.79 Å². The van der Waals surface area contributed by atoms with Gasteiger partial charge in [-0.15, -0.1) is 0 Å². The monoisotopic (exact) mass is 341 g/mol. The average Bonchev–Trinajstić information content (AvgIpc) is 2.83. The maximum absolute atomic E-state index is 11.3. The summed E-state index contributed by atoms with van der Waals surface area (Å²) in [4.78, 5) is 20.5. The molecule has 1 aromatic heterocycles. The largest absolute Gasteiger partial charge is 0.493 e. The molecule has 1 N–H and O–H groups in total. The molecule has 1 fully saturated rings. The second kappa shape index (κ2) is 8.81. The minimum absolute atomic E-state index is 0.125. The second-order valence-corrected chi connectivity index (χ2v) is 6.86. The van der Waals surface area contributed by atoms with Gasteiger partial charge in [-0.2, -0.15) is 0 Å².